The Kier molecular flexibility index (Phi) is 4.35. The van der Waals surface area contributed by atoms with Gasteiger partial charge in [0.1, 0.15) is 0 Å². The molecule has 0 saturated carbocycles. The van der Waals surface area contributed by atoms with Crippen LogP contribution in [0.1, 0.15) is 19.7 Å². The average molecular weight is 342 g/mol. The highest BCUT2D eigenvalue weighted by atomic mass is 35.7. The van der Waals surface area contributed by atoms with Gasteiger partial charge in [0, 0.05) is 17.2 Å². The van der Waals surface area contributed by atoms with E-state index in [4.69, 9.17) is 10.7 Å². The highest BCUT2D eigenvalue weighted by Crippen LogP contribution is 2.43. The van der Waals surface area contributed by atoms with Gasteiger partial charge >= 0.3 is 12.1 Å². The molecule has 0 N–H and O–H groups in total. The molecule has 0 atom stereocenters. The number of halogens is 6. The van der Waals surface area contributed by atoms with Crippen molar-refractivity contribution in [2.24, 2.45) is 5.92 Å². The van der Waals surface area contributed by atoms with Crippen LogP contribution < -0.4 is 0 Å². The van der Waals surface area contributed by atoms with Crippen molar-refractivity contribution in [3.63, 3.8) is 0 Å². The van der Waals surface area contributed by atoms with Gasteiger partial charge in [0.25, 0.3) is 14.2 Å². The number of rotatable bonds is 4. The van der Waals surface area contributed by atoms with Gasteiger partial charge in [-0.2, -0.15) is 22.0 Å². The van der Waals surface area contributed by atoms with Crippen molar-refractivity contribution < 1.29 is 30.4 Å². The third kappa shape index (κ3) is 3.19. The zero-order chi connectivity index (χ0) is 15.9. The van der Waals surface area contributed by atoms with Crippen LogP contribution in [0.3, 0.4) is 0 Å². The summed E-state index contributed by atoms with van der Waals surface area (Å²) in [6.45, 7) is 2.51. The first-order valence-corrected chi connectivity index (χ1v) is 7.42. The number of hydrogen-bond donors (Lipinski definition) is 0. The second-order valence-electron chi connectivity index (χ2n) is 4.32. The minimum absolute atomic E-state index is 0.167. The van der Waals surface area contributed by atoms with Crippen LogP contribution in [-0.4, -0.2) is 29.4 Å². The van der Waals surface area contributed by atoms with Crippen molar-refractivity contribution in [2.75, 3.05) is 0 Å². The zero-order valence-corrected chi connectivity index (χ0v) is 11.7. The van der Waals surface area contributed by atoms with Crippen LogP contribution in [0.2, 0.25) is 0 Å². The molecule has 0 aliphatic carbocycles. The van der Waals surface area contributed by atoms with Gasteiger partial charge in [-0.3, -0.25) is 4.57 Å². The number of alkyl halides is 5. The molecule has 1 rings (SSSR count). The Hall–Kier alpha value is -0.970. The summed E-state index contributed by atoms with van der Waals surface area (Å²) in [7, 11) is 0.344. The van der Waals surface area contributed by atoms with Gasteiger partial charge in [0.05, 0.1) is 0 Å². The smallest absolute Gasteiger partial charge is 0.295 e. The van der Waals surface area contributed by atoms with E-state index in [1.165, 1.54) is 13.8 Å². The molecule has 0 aliphatic heterocycles. The lowest BCUT2D eigenvalue weighted by molar-refractivity contribution is -0.293. The van der Waals surface area contributed by atoms with Crippen LogP contribution in [-0.2, 0) is 21.5 Å². The van der Waals surface area contributed by atoms with Gasteiger partial charge in [-0.25, -0.2) is 8.42 Å². The highest BCUT2D eigenvalue weighted by molar-refractivity contribution is 8.13. The van der Waals surface area contributed by atoms with Gasteiger partial charge in [-0.15, -0.1) is 10.2 Å². The molecule has 0 amide bonds. The Morgan fingerprint density at radius 2 is 1.70 bits per heavy atom. The minimum atomic E-state index is -5.93. The van der Waals surface area contributed by atoms with E-state index in [9.17, 15) is 30.4 Å². The van der Waals surface area contributed by atoms with E-state index >= 15 is 0 Å². The van der Waals surface area contributed by atoms with Crippen molar-refractivity contribution >= 4 is 19.7 Å². The summed E-state index contributed by atoms with van der Waals surface area (Å²) in [4.78, 5) is 0. The van der Waals surface area contributed by atoms with E-state index < -0.39 is 44.6 Å². The van der Waals surface area contributed by atoms with Gasteiger partial charge in [0.15, 0.2) is 0 Å². The quantitative estimate of drug-likeness (QED) is 0.623. The average Bonchev–Trinajstić information content (AvgIpc) is 2.57. The van der Waals surface area contributed by atoms with E-state index in [0.29, 0.717) is 0 Å². The minimum Gasteiger partial charge on any atom is -0.295 e. The van der Waals surface area contributed by atoms with Crippen LogP contribution in [0, 0.1) is 5.92 Å². The standard InChI is InChI=1S/C8H9ClF5N3O2S/c1-4(2)3-17-5(7(10,11)8(12,13)14)15-16-6(17)20(9,18)19/h4H,3H2,1-2H3. The van der Waals surface area contributed by atoms with Crippen molar-refractivity contribution in [1.82, 2.24) is 14.8 Å². The fraction of sp³-hybridized carbons (Fsp3) is 0.750. The van der Waals surface area contributed by atoms with Crippen LogP contribution in [0.25, 0.3) is 0 Å². The van der Waals surface area contributed by atoms with Gasteiger partial charge < -0.3 is 0 Å². The third-order valence-electron chi connectivity index (χ3n) is 2.12. The van der Waals surface area contributed by atoms with Crippen LogP contribution in [0.4, 0.5) is 22.0 Å². The summed E-state index contributed by atoms with van der Waals surface area (Å²) >= 11 is 0. The monoisotopic (exact) mass is 341 g/mol. The molecule has 0 radical (unpaired) electrons. The molecule has 1 aromatic heterocycles. The first kappa shape index (κ1) is 17.1. The fourth-order valence-electron chi connectivity index (χ4n) is 1.36. The highest BCUT2D eigenvalue weighted by Gasteiger charge is 2.62. The zero-order valence-electron chi connectivity index (χ0n) is 10.1. The second-order valence-corrected chi connectivity index (χ2v) is 6.78. The molecule has 20 heavy (non-hydrogen) atoms. The summed E-state index contributed by atoms with van der Waals surface area (Å²) in [5, 5.41) is 4.34. The molecule has 1 aromatic rings. The molecule has 0 aromatic carbocycles. The first-order chi connectivity index (χ1) is 8.78. The molecule has 0 unspecified atom stereocenters. The maximum Gasteiger partial charge on any atom is 0.461 e. The van der Waals surface area contributed by atoms with E-state index in [1.807, 2.05) is 0 Å². The Morgan fingerprint density at radius 3 is 2.05 bits per heavy atom. The summed E-state index contributed by atoms with van der Waals surface area (Å²) < 4.78 is 86.0. The predicted molar refractivity (Wildman–Crippen MR) is 57.8 cm³/mol. The molecular formula is C8H9ClF5N3O2S. The molecule has 0 fully saturated rings. The Bertz CT molecular complexity index is 596. The maximum absolute atomic E-state index is 13.3. The lowest BCUT2D eigenvalue weighted by atomic mass is 10.2. The Labute approximate surface area is 115 Å². The molecule has 0 spiro atoms. The number of aromatic nitrogens is 3. The lowest BCUT2D eigenvalue weighted by Gasteiger charge is -2.20. The molecular weight excluding hydrogens is 333 g/mol. The largest absolute Gasteiger partial charge is 0.461 e. The molecule has 0 bridgehead atoms. The first-order valence-electron chi connectivity index (χ1n) is 5.11. The van der Waals surface area contributed by atoms with E-state index in [1.54, 1.807) is 0 Å². The topological polar surface area (TPSA) is 64.8 Å². The normalized spacial score (nSPS) is 14.1. The van der Waals surface area contributed by atoms with Crippen LogP contribution in [0.5, 0.6) is 0 Å². The van der Waals surface area contributed by atoms with E-state index in [-0.39, 0.29) is 4.57 Å². The second kappa shape index (κ2) is 5.10. The molecule has 0 saturated heterocycles. The summed E-state index contributed by atoms with van der Waals surface area (Å²) in [5.74, 6) is -7.58. The van der Waals surface area contributed by atoms with Crippen molar-refractivity contribution in [2.45, 2.75) is 37.6 Å². The van der Waals surface area contributed by atoms with Crippen LogP contribution in [0.15, 0.2) is 5.16 Å². The summed E-state index contributed by atoms with van der Waals surface area (Å²) in [5.41, 5.74) is 0. The maximum atomic E-state index is 13.3. The summed E-state index contributed by atoms with van der Waals surface area (Å²) in [6.07, 6.45) is -5.93. The third-order valence-corrected chi connectivity index (χ3v) is 3.27. The Balaban J connectivity index is 3.54. The fourth-order valence-corrected chi connectivity index (χ4v) is 2.26. The van der Waals surface area contributed by atoms with E-state index in [0.717, 1.165) is 0 Å². The van der Waals surface area contributed by atoms with Gasteiger partial charge in [-0.1, -0.05) is 13.8 Å². The van der Waals surface area contributed by atoms with Gasteiger partial charge in [0.2, 0.25) is 5.82 Å². The van der Waals surface area contributed by atoms with Crippen LogP contribution >= 0.6 is 10.7 Å². The van der Waals surface area contributed by atoms with Crippen molar-refractivity contribution in [3.05, 3.63) is 5.82 Å². The molecule has 5 nitrogen and oxygen atoms in total. The van der Waals surface area contributed by atoms with Gasteiger partial charge in [-0.05, 0) is 5.92 Å². The summed E-state index contributed by atoms with van der Waals surface area (Å²) in [6, 6.07) is 0. The van der Waals surface area contributed by atoms with Crippen molar-refractivity contribution in [1.29, 1.82) is 0 Å². The molecule has 1 heterocycles. The molecule has 116 valence electrons. The number of hydrogen-bond acceptors (Lipinski definition) is 4. The molecule has 0 aliphatic rings. The lowest BCUT2D eigenvalue weighted by Crippen LogP contribution is -2.37. The number of nitrogens with zero attached hydrogens (tertiary/aromatic N) is 3. The Morgan fingerprint density at radius 1 is 1.20 bits per heavy atom. The SMILES string of the molecule is CC(C)Cn1c(C(F)(F)C(F)(F)F)nnc1S(=O)(=O)Cl. The predicted octanol–water partition coefficient (Wildman–Crippen LogP) is 2.52. The van der Waals surface area contributed by atoms with E-state index in [2.05, 4.69) is 10.2 Å². The molecule has 12 heteroatoms. The van der Waals surface area contributed by atoms with Crippen molar-refractivity contribution in [3.8, 4) is 0 Å².